The smallest absolute Gasteiger partial charge is 0.228 e. The number of aryl methyl sites for hydroxylation is 1. The lowest BCUT2D eigenvalue weighted by atomic mass is 10.1. The Morgan fingerprint density at radius 1 is 1.42 bits per heavy atom. The Bertz CT molecular complexity index is 645. The Hall–Kier alpha value is -2.14. The molecule has 2 heterocycles. The monoisotopic (exact) mass is 256 g/mol. The van der Waals surface area contributed by atoms with Gasteiger partial charge in [0.15, 0.2) is 0 Å². The molecule has 19 heavy (non-hydrogen) atoms. The average Bonchev–Trinajstić information content (AvgIpc) is 2.90. The molecule has 1 aromatic heterocycles. The molecule has 3 rings (SSSR count). The number of carbonyl (C=O) groups is 1. The van der Waals surface area contributed by atoms with E-state index in [0.717, 1.165) is 28.2 Å². The zero-order valence-corrected chi connectivity index (χ0v) is 10.8. The number of hydrogen-bond acceptors (Lipinski definition) is 3. The lowest BCUT2D eigenvalue weighted by Crippen LogP contribution is -2.12. The van der Waals surface area contributed by atoms with Crippen molar-refractivity contribution in [3.05, 3.63) is 35.5 Å². The first-order chi connectivity index (χ1) is 9.17. The van der Waals surface area contributed by atoms with Gasteiger partial charge in [-0.25, -0.2) is 0 Å². The van der Waals surface area contributed by atoms with Gasteiger partial charge in [-0.2, -0.15) is 5.10 Å². The molecule has 1 aliphatic heterocycles. The Kier molecular flexibility index (Phi) is 2.83. The maximum atomic E-state index is 11.4. The number of nitrogens with one attached hydrogen (secondary N) is 1. The second kappa shape index (κ2) is 4.51. The van der Waals surface area contributed by atoms with Crippen molar-refractivity contribution in [3.63, 3.8) is 0 Å². The van der Waals surface area contributed by atoms with Crippen molar-refractivity contribution in [2.45, 2.75) is 19.9 Å². The topological polar surface area (TPSA) is 72.9 Å². The number of fused-ring (bicyclic) bond motifs is 1. The van der Waals surface area contributed by atoms with Gasteiger partial charge >= 0.3 is 0 Å². The van der Waals surface area contributed by atoms with Crippen molar-refractivity contribution < 1.29 is 4.79 Å². The second-order valence-corrected chi connectivity index (χ2v) is 4.78. The predicted octanol–water partition coefficient (Wildman–Crippen LogP) is 1.31. The molecule has 0 atom stereocenters. The fourth-order valence-corrected chi connectivity index (χ4v) is 2.46. The summed E-state index contributed by atoms with van der Waals surface area (Å²) in [5.74, 6) is 0.0544. The first-order valence-electron chi connectivity index (χ1n) is 6.35. The summed E-state index contributed by atoms with van der Waals surface area (Å²) in [7, 11) is 0. The zero-order chi connectivity index (χ0) is 13.4. The third-order valence-electron chi connectivity index (χ3n) is 3.27. The molecule has 3 N–H and O–H groups in total. The quantitative estimate of drug-likeness (QED) is 0.869. The van der Waals surface area contributed by atoms with Crippen LogP contribution in [0, 0.1) is 6.92 Å². The predicted molar refractivity (Wildman–Crippen MR) is 73.8 cm³/mol. The largest absolute Gasteiger partial charge is 0.329 e. The van der Waals surface area contributed by atoms with Crippen LogP contribution in [0.3, 0.4) is 0 Å². The summed E-state index contributed by atoms with van der Waals surface area (Å²) < 4.78 is 1.92. The van der Waals surface area contributed by atoms with Crippen LogP contribution in [0.15, 0.2) is 24.3 Å². The zero-order valence-electron chi connectivity index (χ0n) is 10.8. The molecule has 5 heteroatoms. The first-order valence-corrected chi connectivity index (χ1v) is 6.35. The van der Waals surface area contributed by atoms with Gasteiger partial charge in [-0.05, 0) is 30.7 Å². The summed E-state index contributed by atoms with van der Waals surface area (Å²) in [5, 5.41) is 7.28. The number of benzene rings is 1. The fourth-order valence-electron chi connectivity index (χ4n) is 2.46. The number of hydrogen-bond donors (Lipinski definition) is 2. The molecule has 0 aliphatic carbocycles. The maximum Gasteiger partial charge on any atom is 0.228 e. The van der Waals surface area contributed by atoms with Crippen LogP contribution in [0.5, 0.6) is 0 Å². The van der Waals surface area contributed by atoms with Crippen molar-refractivity contribution in [2.24, 2.45) is 5.73 Å². The van der Waals surface area contributed by atoms with Gasteiger partial charge in [0.2, 0.25) is 5.91 Å². The number of carbonyl (C=O) groups excluding carboxylic acids is 1. The van der Waals surface area contributed by atoms with Crippen LogP contribution in [0.4, 0.5) is 5.69 Å². The van der Waals surface area contributed by atoms with E-state index < -0.39 is 0 Å². The summed E-state index contributed by atoms with van der Waals surface area (Å²) in [6, 6.07) is 8.05. The molecule has 1 amide bonds. The van der Waals surface area contributed by atoms with E-state index in [1.165, 1.54) is 0 Å². The number of aromatic nitrogens is 2. The molecular weight excluding hydrogens is 240 g/mol. The number of nitrogens with two attached hydrogens (primary N) is 1. The van der Waals surface area contributed by atoms with Crippen LogP contribution in [-0.2, 0) is 17.8 Å². The summed E-state index contributed by atoms with van der Waals surface area (Å²) in [6.45, 7) is 3.21. The van der Waals surface area contributed by atoms with Crippen LogP contribution < -0.4 is 11.1 Å². The van der Waals surface area contributed by atoms with E-state index >= 15 is 0 Å². The molecule has 0 unspecified atom stereocenters. The molecule has 0 fully saturated rings. The van der Waals surface area contributed by atoms with Gasteiger partial charge in [0.05, 0.1) is 24.4 Å². The third kappa shape index (κ3) is 2.13. The highest BCUT2D eigenvalue weighted by Gasteiger charge is 2.18. The van der Waals surface area contributed by atoms with Crippen LogP contribution in [0.25, 0.3) is 11.3 Å². The van der Waals surface area contributed by atoms with Crippen molar-refractivity contribution in [1.29, 1.82) is 0 Å². The lowest BCUT2D eigenvalue weighted by molar-refractivity contribution is -0.115. The number of amides is 1. The van der Waals surface area contributed by atoms with Crippen molar-refractivity contribution in [3.8, 4) is 11.3 Å². The molecular formula is C14H16N4O. The third-order valence-corrected chi connectivity index (χ3v) is 3.27. The second-order valence-electron chi connectivity index (χ2n) is 4.78. The van der Waals surface area contributed by atoms with E-state index in [2.05, 4.69) is 16.5 Å². The van der Waals surface area contributed by atoms with E-state index in [-0.39, 0.29) is 5.91 Å². The SMILES string of the molecule is Cc1cc(-c2ccc3c(c2)CC(=O)N3)n(CCN)n1. The molecule has 98 valence electrons. The summed E-state index contributed by atoms with van der Waals surface area (Å²) in [5.41, 5.74) is 10.7. The van der Waals surface area contributed by atoms with E-state index in [0.29, 0.717) is 19.5 Å². The average molecular weight is 256 g/mol. The fraction of sp³-hybridized carbons (Fsp3) is 0.286. The maximum absolute atomic E-state index is 11.4. The van der Waals surface area contributed by atoms with Crippen LogP contribution >= 0.6 is 0 Å². The first kappa shape index (κ1) is 11.9. The summed E-state index contributed by atoms with van der Waals surface area (Å²) in [6.07, 6.45) is 0.452. The molecule has 0 saturated heterocycles. The molecule has 0 bridgehead atoms. The molecule has 5 nitrogen and oxygen atoms in total. The minimum Gasteiger partial charge on any atom is -0.329 e. The van der Waals surface area contributed by atoms with Crippen LogP contribution in [0.2, 0.25) is 0 Å². The van der Waals surface area contributed by atoms with E-state index in [1.54, 1.807) is 0 Å². The van der Waals surface area contributed by atoms with E-state index in [4.69, 9.17) is 5.73 Å². The van der Waals surface area contributed by atoms with E-state index in [9.17, 15) is 4.79 Å². The lowest BCUT2D eigenvalue weighted by Gasteiger charge is -2.07. The number of nitrogens with zero attached hydrogens (tertiary/aromatic N) is 2. The number of rotatable bonds is 3. The van der Waals surface area contributed by atoms with Gasteiger partial charge < -0.3 is 11.1 Å². The number of anilines is 1. The van der Waals surface area contributed by atoms with E-state index in [1.807, 2.05) is 29.8 Å². The Balaban J connectivity index is 2.03. The molecule has 2 aromatic rings. The van der Waals surface area contributed by atoms with Gasteiger partial charge in [-0.15, -0.1) is 0 Å². The van der Waals surface area contributed by atoms with Gasteiger partial charge in [0.25, 0.3) is 0 Å². The summed E-state index contributed by atoms with van der Waals surface area (Å²) in [4.78, 5) is 11.4. The highest BCUT2D eigenvalue weighted by atomic mass is 16.1. The minimum absolute atomic E-state index is 0.0544. The highest BCUT2D eigenvalue weighted by molar-refractivity contribution is 5.99. The molecule has 1 aromatic carbocycles. The van der Waals surface area contributed by atoms with Crippen molar-refractivity contribution >= 4 is 11.6 Å². The highest BCUT2D eigenvalue weighted by Crippen LogP contribution is 2.29. The van der Waals surface area contributed by atoms with Crippen molar-refractivity contribution in [2.75, 3.05) is 11.9 Å². The van der Waals surface area contributed by atoms with Gasteiger partial charge in [-0.3, -0.25) is 9.48 Å². The van der Waals surface area contributed by atoms with Gasteiger partial charge in [0.1, 0.15) is 0 Å². The Labute approximate surface area is 111 Å². The van der Waals surface area contributed by atoms with Gasteiger partial charge in [0, 0.05) is 17.8 Å². The Morgan fingerprint density at radius 2 is 2.26 bits per heavy atom. The standard InChI is InChI=1S/C14H16N4O/c1-9-6-13(18(17-9)5-4-15)10-2-3-12-11(7-10)8-14(19)16-12/h2-3,6-7H,4-5,8,15H2,1H3,(H,16,19). The van der Waals surface area contributed by atoms with Crippen LogP contribution in [-0.4, -0.2) is 22.2 Å². The molecule has 1 aliphatic rings. The normalized spacial score (nSPS) is 13.5. The Morgan fingerprint density at radius 3 is 3.05 bits per heavy atom. The van der Waals surface area contributed by atoms with Crippen LogP contribution in [0.1, 0.15) is 11.3 Å². The van der Waals surface area contributed by atoms with Crippen molar-refractivity contribution in [1.82, 2.24) is 9.78 Å². The van der Waals surface area contributed by atoms with Gasteiger partial charge in [-0.1, -0.05) is 6.07 Å². The molecule has 0 radical (unpaired) electrons. The molecule has 0 saturated carbocycles. The minimum atomic E-state index is 0.0544. The molecule has 0 spiro atoms. The summed E-state index contributed by atoms with van der Waals surface area (Å²) >= 11 is 0.